The van der Waals surface area contributed by atoms with Crippen molar-refractivity contribution >= 4 is 17.0 Å². The first-order valence-corrected chi connectivity index (χ1v) is 10.4. The van der Waals surface area contributed by atoms with Crippen molar-refractivity contribution in [2.75, 3.05) is 32.0 Å². The SMILES string of the molecule is CC1OCC(n2c(N)nc3ccccc32)N(N2CCOC(c3ncccn3)C2)C1C. The summed E-state index contributed by atoms with van der Waals surface area (Å²) in [6.07, 6.45) is 3.32. The molecular weight excluding hydrogens is 382 g/mol. The van der Waals surface area contributed by atoms with Gasteiger partial charge in [-0.2, -0.15) is 0 Å². The fourth-order valence-corrected chi connectivity index (χ4v) is 4.43. The number of fused-ring (bicyclic) bond motifs is 1. The van der Waals surface area contributed by atoms with Crippen molar-refractivity contribution in [1.82, 2.24) is 29.5 Å². The average Bonchev–Trinajstić information content (AvgIpc) is 3.12. The van der Waals surface area contributed by atoms with Crippen molar-refractivity contribution in [3.8, 4) is 0 Å². The highest BCUT2D eigenvalue weighted by molar-refractivity contribution is 5.78. The van der Waals surface area contributed by atoms with Crippen LogP contribution in [0.25, 0.3) is 11.0 Å². The number of para-hydroxylation sites is 2. The quantitative estimate of drug-likeness (QED) is 0.702. The first kappa shape index (κ1) is 19.4. The smallest absolute Gasteiger partial charge is 0.202 e. The standard InChI is InChI=1S/C21H27N7O2/c1-14-15(2)30-13-19(27-17-7-4-3-6-16(17)25-21(27)22)28(14)26-10-11-29-18(12-26)20-23-8-5-9-24-20/h3-9,14-15,18-19H,10-13H2,1-2H3,(H2,22,25). The van der Waals surface area contributed by atoms with E-state index in [0.717, 1.165) is 17.6 Å². The van der Waals surface area contributed by atoms with Crippen LogP contribution in [0.5, 0.6) is 0 Å². The molecule has 0 amide bonds. The molecule has 30 heavy (non-hydrogen) atoms. The Morgan fingerprint density at radius 1 is 1.07 bits per heavy atom. The number of nitrogen functional groups attached to an aromatic ring is 1. The predicted molar refractivity (Wildman–Crippen MR) is 112 cm³/mol. The Hall–Kier alpha value is -2.59. The summed E-state index contributed by atoms with van der Waals surface area (Å²) in [4.78, 5) is 13.4. The minimum absolute atomic E-state index is 0.0894. The first-order valence-electron chi connectivity index (χ1n) is 10.4. The predicted octanol–water partition coefficient (Wildman–Crippen LogP) is 2.00. The Morgan fingerprint density at radius 2 is 1.87 bits per heavy atom. The lowest BCUT2D eigenvalue weighted by atomic mass is 10.1. The van der Waals surface area contributed by atoms with Crippen LogP contribution in [-0.2, 0) is 9.47 Å². The molecule has 2 fully saturated rings. The molecule has 0 radical (unpaired) electrons. The summed E-state index contributed by atoms with van der Waals surface area (Å²) in [5.74, 6) is 1.20. The monoisotopic (exact) mass is 409 g/mol. The molecule has 0 bridgehead atoms. The van der Waals surface area contributed by atoms with Crippen LogP contribution in [0.15, 0.2) is 42.7 Å². The first-order chi connectivity index (χ1) is 14.6. The summed E-state index contributed by atoms with van der Waals surface area (Å²) in [6, 6.07) is 10.0. The second-order valence-corrected chi connectivity index (χ2v) is 7.85. The van der Waals surface area contributed by atoms with Crippen molar-refractivity contribution in [3.05, 3.63) is 48.5 Å². The van der Waals surface area contributed by atoms with E-state index in [-0.39, 0.29) is 24.4 Å². The molecule has 2 aromatic heterocycles. The number of rotatable bonds is 3. The van der Waals surface area contributed by atoms with Gasteiger partial charge in [-0.05, 0) is 32.0 Å². The second-order valence-electron chi connectivity index (χ2n) is 7.85. The summed E-state index contributed by atoms with van der Waals surface area (Å²) in [5, 5.41) is 4.73. The largest absolute Gasteiger partial charge is 0.373 e. The molecule has 0 saturated carbocycles. The number of aromatic nitrogens is 4. The van der Waals surface area contributed by atoms with Gasteiger partial charge in [0.05, 0.1) is 36.4 Å². The van der Waals surface area contributed by atoms with Gasteiger partial charge in [-0.25, -0.2) is 25.0 Å². The van der Waals surface area contributed by atoms with E-state index >= 15 is 0 Å². The molecule has 2 aliphatic heterocycles. The van der Waals surface area contributed by atoms with Gasteiger partial charge in [-0.1, -0.05) is 12.1 Å². The Bertz CT molecular complexity index is 1010. The molecule has 2 aliphatic rings. The zero-order valence-electron chi connectivity index (χ0n) is 17.3. The third-order valence-corrected chi connectivity index (χ3v) is 6.08. The van der Waals surface area contributed by atoms with E-state index in [4.69, 9.17) is 15.2 Å². The zero-order valence-corrected chi connectivity index (χ0v) is 17.3. The van der Waals surface area contributed by atoms with Gasteiger partial charge in [0.1, 0.15) is 12.3 Å². The number of anilines is 1. The van der Waals surface area contributed by atoms with Crippen molar-refractivity contribution in [2.24, 2.45) is 0 Å². The summed E-state index contributed by atoms with van der Waals surface area (Å²) in [5.41, 5.74) is 8.27. The third-order valence-electron chi connectivity index (χ3n) is 6.08. The Balaban J connectivity index is 1.50. The number of hydrogen-bond acceptors (Lipinski definition) is 8. The minimum atomic E-state index is -0.178. The van der Waals surface area contributed by atoms with E-state index in [1.54, 1.807) is 12.4 Å². The number of hydrogen-bond donors (Lipinski definition) is 1. The summed E-state index contributed by atoms with van der Waals surface area (Å²) >= 11 is 0. The van der Waals surface area contributed by atoms with Crippen LogP contribution < -0.4 is 5.73 Å². The van der Waals surface area contributed by atoms with Gasteiger partial charge in [0.25, 0.3) is 0 Å². The molecule has 0 spiro atoms. The van der Waals surface area contributed by atoms with E-state index in [1.165, 1.54) is 0 Å². The van der Waals surface area contributed by atoms with Gasteiger partial charge >= 0.3 is 0 Å². The highest BCUT2D eigenvalue weighted by Crippen LogP contribution is 2.34. The fraction of sp³-hybridized carbons (Fsp3) is 0.476. The summed E-state index contributed by atoms with van der Waals surface area (Å²) in [6.45, 7) is 6.89. The molecule has 5 rings (SSSR count). The lowest BCUT2D eigenvalue weighted by Gasteiger charge is -2.51. The molecule has 3 aromatic rings. The van der Waals surface area contributed by atoms with E-state index in [1.807, 2.05) is 24.3 Å². The number of imidazole rings is 1. The molecule has 9 nitrogen and oxygen atoms in total. The van der Waals surface area contributed by atoms with Gasteiger partial charge in [0.2, 0.25) is 5.95 Å². The average molecular weight is 409 g/mol. The van der Waals surface area contributed by atoms with Gasteiger partial charge < -0.3 is 15.2 Å². The Kier molecular flexibility index (Phi) is 5.11. The highest BCUT2D eigenvalue weighted by atomic mass is 16.5. The maximum absolute atomic E-state index is 6.38. The molecule has 4 atom stereocenters. The highest BCUT2D eigenvalue weighted by Gasteiger charge is 2.41. The van der Waals surface area contributed by atoms with Crippen LogP contribution in [0, 0.1) is 0 Å². The van der Waals surface area contributed by atoms with Crippen molar-refractivity contribution < 1.29 is 9.47 Å². The molecular formula is C21H27N7O2. The van der Waals surface area contributed by atoms with Crippen molar-refractivity contribution in [2.45, 2.75) is 38.3 Å². The van der Waals surface area contributed by atoms with Crippen molar-refractivity contribution in [1.29, 1.82) is 0 Å². The fourth-order valence-electron chi connectivity index (χ4n) is 4.43. The lowest BCUT2D eigenvalue weighted by Crippen LogP contribution is -2.61. The van der Waals surface area contributed by atoms with Gasteiger partial charge in [0, 0.05) is 25.5 Å². The topological polar surface area (TPSA) is 94.6 Å². The van der Waals surface area contributed by atoms with Crippen LogP contribution in [0.4, 0.5) is 5.95 Å². The van der Waals surface area contributed by atoms with Gasteiger partial charge in [0.15, 0.2) is 5.82 Å². The van der Waals surface area contributed by atoms with E-state index in [0.29, 0.717) is 31.5 Å². The Morgan fingerprint density at radius 3 is 2.70 bits per heavy atom. The van der Waals surface area contributed by atoms with Crippen LogP contribution in [-0.4, -0.2) is 68.0 Å². The molecule has 4 heterocycles. The van der Waals surface area contributed by atoms with Gasteiger partial charge in [-0.15, -0.1) is 0 Å². The molecule has 1 aromatic carbocycles. The lowest BCUT2D eigenvalue weighted by molar-refractivity contribution is -0.231. The number of nitrogens with two attached hydrogens (primary N) is 1. The summed E-state index contributed by atoms with van der Waals surface area (Å²) < 4.78 is 14.2. The number of benzene rings is 1. The van der Waals surface area contributed by atoms with Crippen LogP contribution in [0.3, 0.4) is 0 Å². The molecule has 2 N–H and O–H groups in total. The molecule has 0 aliphatic carbocycles. The van der Waals surface area contributed by atoms with Gasteiger partial charge in [-0.3, -0.25) is 4.57 Å². The van der Waals surface area contributed by atoms with Crippen LogP contribution in [0.2, 0.25) is 0 Å². The van der Waals surface area contributed by atoms with Crippen LogP contribution in [0.1, 0.15) is 31.9 Å². The maximum atomic E-state index is 6.38. The molecule has 158 valence electrons. The van der Waals surface area contributed by atoms with E-state index in [2.05, 4.69) is 49.5 Å². The summed E-state index contributed by atoms with van der Waals surface area (Å²) in [7, 11) is 0. The molecule has 9 heteroatoms. The van der Waals surface area contributed by atoms with E-state index < -0.39 is 0 Å². The van der Waals surface area contributed by atoms with E-state index in [9.17, 15) is 0 Å². The van der Waals surface area contributed by atoms with Crippen LogP contribution >= 0.6 is 0 Å². The number of nitrogens with zero attached hydrogens (tertiary/aromatic N) is 6. The maximum Gasteiger partial charge on any atom is 0.202 e. The molecule has 4 unspecified atom stereocenters. The van der Waals surface area contributed by atoms with Crippen molar-refractivity contribution in [3.63, 3.8) is 0 Å². The Labute approximate surface area is 175 Å². The minimum Gasteiger partial charge on any atom is -0.373 e. The molecule has 2 saturated heterocycles. The normalized spacial score (nSPS) is 28.7. The zero-order chi connectivity index (χ0) is 20.7. The second kappa shape index (κ2) is 7.92. The number of ether oxygens (including phenoxy) is 2. The number of morpholine rings is 2. The number of hydrazine groups is 1. The third kappa shape index (κ3) is 3.33.